The summed E-state index contributed by atoms with van der Waals surface area (Å²) in [6.45, 7) is 4.19. The second-order valence-corrected chi connectivity index (χ2v) is 5.51. The van der Waals surface area contributed by atoms with Crippen molar-refractivity contribution in [2.45, 2.75) is 51.6 Å². The Hall–Kier alpha value is -0.480. The lowest BCUT2D eigenvalue weighted by molar-refractivity contribution is 0.120. The van der Waals surface area contributed by atoms with E-state index in [-0.39, 0.29) is 6.10 Å². The van der Waals surface area contributed by atoms with Gasteiger partial charge in [0.15, 0.2) is 0 Å². The lowest BCUT2D eigenvalue weighted by Crippen LogP contribution is -2.15. The molecule has 0 aromatic carbocycles. The van der Waals surface area contributed by atoms with Crippen LogP contribution < -0.4 is 0 Å². The minimum atomic E-state index is -0.340. The van der Waals surface area contributed by atoms with E-state index in [0.29, 0.717) is 5.92 Å². The molecule has 0 spiro atoms. The molecule has 1 heterocycles. The van der Waals surface area contributed by atoms with E-state index in [1.165, 1.54) is 30.8 Å². The molecule has 1 fully saturated rings. The average Bonchev–Trinajstić information content (AvgIpc) is 2.59. The molecule has 0 bridgehead atoms. The van der Waals surface area contributed by atoms with Crippen LogP contribution in [0.5, 0.6) is 0 Å². The standard InChI is InChI=1S/C11H18N2OS/c1-7(2)10-11(15-13-12-10)9(14)6-8-4-3-5-8/h7-9,14H,3-6H2,1-2H3. The van der Waals surface area contributed by atoms with Crippen molar-refractivity contribution in [3.05, 3.63) is 10.6 Å². The van der Waals surface area contributed by atoms with Crippen molar-refractivity contribution in [3.8, 4) is 0 Å². The summed E-state index contributed by atoms with van der Waals surface area (Å²) < 4.78 is 3.95. The van der Waals surface area contributed by atoms with E-state index in [1.54, 1.807) is 0 Å². The Bertz CT molecular complexity index is 320. The summed E-state index contributed by atoms with van der Waals surface area (Å²) in [7, 11) is 0. The molecule has 1 N–H and O–H groups in total. The lowest BCUT2D eigenvalue weighted by Gasteiger charge is -2.27. The first-order valence-corrected chi connectivity index (χ1v) is 6.46. The van der Waals surface area contributed by atoms with Crippen molar-refractivity contribution in [2.75, 3.05) is 0 Å². The molecule has 1 aliphatic rings. The highest BCUT2D eigenvalue weighted by atomic mass is 32.1. The Morgan fingerprint density at radius 2 is 2.20 bits per heavy atom. The summed E-state index contributed by atoms with van der Waals surface area (Å²) in [5.74, 6) is 1.08. The highest BCUT2D eigenvalue weighted by Crippen LogP contribution is 2.37. The van der Waals surface area contributed by atoms with Crippen molar-refractivity contribution < 1.29 is 5.11 Å². The minimum Gasteiger partial charge on any atom is -0.387 e. The van der Waals surface area contributed by atoms with Gasteiger partial charge in [-0.3, -0.25) is 0 Å². The summed E-state index contributed by atoms with van der Waals surface area (Å²) in [4.78, 5) is 0.983. The number of aliphatic hydroxyl groups is 1. The molecular weight excluding hydrogens is 208 g/mol. The van der Waals surface area contributed by atoms with Gasteiger partial charge in [-0.2, -0.15) is 0 Å². The van der Waals surface area contributed by atoms with Crippen LogP contribution in [0.4, 0.5) is 0 Å². The van der Waals surface area contributed by atoms with Crippen LogP contribution in [0.15, 0.2) is 0 Å². The molecule has 0 amide bonds. The van der Waals surface area contributed by atoms with Gasteiger partial charge in [0.1, 0.15) is 0 Å². The maximum atomic E-state index is 10.1. The molecule has 4 heteroatoms. The van der Waals surface area contributed by atoms with Crippen molar-refractivity contribution in [1.29, 1.82) is 0 Å². The second kappa shape index (κ2) is 4.58. The fraction of sp³-hybridized carbons (Fsp3) is 0.818. The van der Waals surface area contributed by atoms with Gasteiger partial charge in [0.05, 0.1) is 16.7 Å². The maximum absolute atomic E-state index is 10.1. The third-order valence-electron chi connectivity index (χ3n) is 3.17. The first-order chi connectivity index (χ1) is 7.18. The van der Waals surface area contributed by atoms with Gasteiger partial charge in [0.25, 0.3) is 0 Å². The molecular formula is C11H18N2OS. The van der Waals surface area contributed by atoms with Crippen LogP contribution in [0.3, 0.4) is 0 Å². The fourth-order valence-electron chi connectivity index (χ4n) is 1.99. The molecule has 0 aliphatic heterocycles. The fourth-order valence-corrected chi connectivity index (χ4v) is 2.79. The first kappa shape index (κ1) is 11.0. The topological polar surface area (TPSA) is 46.0 Å². The zero-order valence-electron chi connectivity index (χ0n) is 9.31. The predicted molar refractivity (Wildman–Crippen MR) is 60.9 cm³/mol. The molecule has 1 saturated carbocycles. The number of aromatic nitrogens is 2. The van der Waals surface area contributed by atoms with E-state index >= 15 is 0 Å². The monoisotopic (exact) mass is 226 g/mol. The molecule has 1 atom stereocenters. The van der Waals surface area contributed by atoms with Crippen molar-refractivity contribution in [2.24, 2.45) is 5.92 Å². The first-order valence-electron chi connectivity index (χ1n) is 5.68. The summed E-state index contributed by atoms with van der Waals surface area (Å²) in [5, 5.41) is 14.2. The second-order valence-electron chi connectivity index (χ2n) is 4.73. The molecule has 0 saturated heterocycles. The smallest absolute Gasteiger partial charge is 0.0919 e. The van der Waals surface area contributed by atoms with Gasteiger partial charge in [-0.15, -0.1) is 5.10 Å². The van der Waals surface area contributed by atoms with Crippen LogP contribution in [0.25, 0.3) is 0 Å². The molecule has 84 valence electrons. The van der Waals surface area contributed by atoms with Gasteiger partial charge >= 0.3 is 0 Å². The summed E-state index contributed by atoms with van der Waals surface area (Å²) >= 11 is 1.35. The number of nitrogens with zero attached hydrogens (tertiary/aromatic N) is 2. The van der Waals surface area contributed by atoms with Crippen molar-refractivity contribution in [3.63, 3.8) is 0 Å². The van der Waals surface area contributed by atoms with Gasteiger partial charge in [-0.1, -0.05) is 37.6 Å². The Labute approximate surface area is 94.7 Å². The molecule has 2 rings (SSSR count). The molecule has 1 unspecified atom stereocenters. The van der Waals surface area contributed by atoms with Crippen LogP contribution in [0, 0.1) is 5.92 Å². The third-order valence-corrected chi connectivity index (χ3v) is 4.01. The number of hydrogen-bond acceptors (Lipinski definition) is 4. The highest BCUT2D eigenvalue weighted by Gasteiger charge is 2.25. The Morgan fingerprint density at radius 3 is 2.73 bits per heavy atom. The van der Waals surface area contributed by atoms with Crippen LogP contribution in [-0.4, -0.2) is 14.7 Å². The van der Waals surface area contributed by atoms with E-state index in [1.807, 2.05) is 0 Å². The quantitative estimate of drug-likeness (QED) is 0.858. The van der Waals surface area contributed by atoms with Crippen LogP contribution in [0.1, 0.15) is 62.1 Å². The highest BCUT2D eigenvalue weighted by molar-refractivity contribution is 7.05. The largest absolute Gasteiger partial charge is 0.387 e. The van der Waals surface area contributed by atoms with Gasteiger partial charge in [-0.25, -0.2) is 0 Å². The van der Waals surface area contributed by atoms with E-state index in [0.717, 1.165) is 22.9 Å². The number of hydrogen-bond donors (Lipinski definition) is 1. The van der Waals surface area contributed by atoms with Gasteiger partial charge in [0.2, 0.25) is 0 Å². The predicted octanol–water partition coefficient (Wildman–Crippen LogP) is 2.89. The summed E-state index contributed by atoms with van der Waals surface area (Å²) in [5.41, 5.74) is 0.979. The molecule has 1 aliphatic carbocycles. The number of rotatable bonds is 4. The zero-order valence-corrected chi connectivity index (χ0v) is 10.1. The van der Waals surface area contributed by atoms with E-state index in [2.05, 4.69) is 23.4 Å². The molecule has 1 aromatic rings. The van der Waals surface area contributed by atoms with Gasteiger partial charge in [-0.05, 0) is 29.8 Å². The Balaban J connectivity index is 2.03. The zero-order chi connectivity index (χ0) is 10.8. The third kappa shape index (κ3) is 2.37. The van der Waals surface area contributed by atoms with E-state index in [9.17, 15) is 5.11 Å². The summed E-state index contributed by atoms with van der Waals surface area (Å²) in [6, 6.07) is 0. The van der Waals surface area contributed by atoms with Crippen LogP contribution in [-0.2, 0) is 0 Å². The normalized spacial score (nSPS) is 19.2. The summed E-state index contributed by atoms with van der Waals surface area (Å²) in [6.07, 6.45) is 4.44. The minimum absolute atomic E-state index is 0.340. The molecule has 1 aromatic heterocycles. The average molecular weight is 226 g/mol. The molecule has 15 heavy (non-hydrogen) atoms. The van der Waals surface area contributed by atoms with Crippen molar-refractivity contribution in [1.82, 2.24) is 9.59 Å². The van der Waals surface area contributed by atoms with Crippen molar-refractivity contribution >= 4 is 11.5 Å². The van der Waals surface area contributed by atoms with Gasteiger partial charge in [0, 0.05) is 0 Å². The Kier molecular flexibility index (Phi) is 3.36. The molecule has 0 radical (unpaired) electrons. The van der Waals surface area contributed by atoms with E-state index < -0.39 is 0 Å². The number of aliphatic hydroxyl groups excluding tert-OH is 1. The van der Waals surface area contributed by atoms with E-state index in [4.69, 9.17) is 0 Å². The van der Waals surface area contributed by atoms with Crippen LogP contribution >= 0.6 is 11.5 Å². The van der Waals surface area contributed by atoms with Gasteiger partial charge < -0.3 is 5.11 Å². The van der Waals surface area contributed by atoms with Crippen LogP contribution in [0.2, 0.25) is 0 Å². The molecule has 3 nitrogen and oxygen atoms in total. The SMILES string of the molecule is CC(C)c1nnsc1C(O)CC1CCC1. The maximum Gasteiger partial charge on any atom is 0.0919 e. The Morgan fingerprint density at radius 1 is 1.47 bits per heavy atom. The lowest BCUT2D eigenvalue weighted by atomic mass is 9.81.